The van der Waals surface area contributed by atoms with Crippen molar-refractivity contribution in [3.63, 3.8) is 0 Å². The van der Waals surface area contributed by atoms with Gasteiger partial charge in [-0.15, -0.1) is 0 Å². The van der Waals surface area contributed by atoms with Gasteiger partial charge in [0, 0.05) is 12.3 Å². The fraction of sp³-hybridized carbons (Fsp3) is 0.962. The van der Waals surface area contributed by atoms with Crippen LogP contribution in [0.5, 0.6) is 0 Å². The molecule has 7 unspecified atom stereocenters. The van der Waals surface area contributed by atoms with E-state index in [0.717, 1.165) is 24.2 Å². The summed E-state index contributed by atoms with van der Waals surface area (Å²) in [6.07, 6.45) is 15.0. The summed E-state index contributed by atoms with van der Waals surface area (Å²) in [5.74, 6) is 4.31. The van der Waals surface area contributed by atoms with Gasteiger partial charge in [0.2, 0.25) is 0 Å². The minimum Gasteiger partial charge on any atom is -0.299 e. The average Bonchev–Trinajstić information content (AvgIpc) is 3.01. The molecule has 0 radical (unpaired) electrons. The molecule has 152 valence electrons. The molecule has 5 saturated carbocycles. The van der Waals surface area contributed by atoms with Gasteiger partial charge in [-0.1, -0.05) is 41.0 Å². The van der Waals surface area contributed by atoms with Crippen molar-refractivity contribution in [3.8, 4) is 0 Å². The molecule has 0 aromatic carbocycles. The summed E-state index contributed by atoms with van der Waals surface area (Å²) in [5.41, 5.74) is 2.08. The predicted molar refractivity (Wildman–Crippen MR) is 111 cm³/mol. The molecule has 0 aromatic heterocycles. The van der Waals surface area contributed by atoms with Gasteiger partial charge in [0.05, 0.1) is 0 Å². The van der Waals surface area contributed by atoms with Crippen LogP contribution in [0, 0.1) is 51.2 Å². The summed E-state index contributed by atoms with van der Waals surface area (Å²) in [7, 11) is 0. The molecule has 27 heavy (non-hydrogen) atoms. The first-order valence-corrected chi connectivity index (χ1v) is 12.2. The van der Waals surface area contributed by atoms with Crippen LogP contribution in [-0.4, -0.2) is 5.78 Å². The van der Waals surface area contributed by atoms with E-state index in [9.17, 15) is 4.79 Å². The SMILES string of the molecule is CC1C(=O)CCC2(C)C1CCC1(C)C2CCC2[C@H]3CCCC3(C)CC[C@]21C. The van der Waals surface area contributed by atoms with Crippen molar-refractivity contribution < 1.29 is 4.79 Å². The molecule has 5 fully saturated rings. The molecule has 9 atom stereocenters. The van der Waals surface area contributed by atoms with E-state index in [1.165, 1.54) is 64.2 Å². The van der Waals surface area contributed by atoms with E-state index in [-0.39, 0.29) is 0 Å². The molecule has 1 nitrogen and oxygen atoms in total. The summed E-state index contributed by atoms with van der Waals surface area (Å²) < 4.78 is 0. The lowest BCUT2D eigenvalue weighted by molar-refractivity contribution is -0.223. The maximum atomic E-state index is 12.5. The number of rotatable bonds is 0. The smallest absolute Gasteiger partial charge is 0.136 e. The van der Waals surface area contributed by atoms with Crippen molar-refractivity contribution in [2.45, 2.75) is 105 Å². The van der Waals surface area contributed by atoms with Gasteiger partial charge in [0.25, 0.3) is 0 Å². The molecule has 0 aromatic rings. The average molecular weight is 371 g/mol. The van der Waals surface area contributed by atoms with Crippen LogP contribution in [-0.2, 0) is 4.79 Å². The van der Waals surface area contributed by atoms with E-state index in [4.69, 9.17) is 0 Å². The first-order valence-electron chi connectivity index (χ1n) is 12.2. The number of fused-ring (bicyclic) bond motifs is 7. The third-order valence-electron chi connectivity index (χ3n) is 12.2. The molecule has 0 aliphatic heterocycles. The van der Waals surface area contributed by atoms with Crippen molar-refractivity contribution in [2.75, 3.05) is 0 Å². The molecule has 0 saturated heterocycles. The van der Waals surface area contributed by atoms with Crippen LogP contribution in [0.3, 0.4) is 0 Å². The molecule has 0 bridgehead atoms. The van der Waals surface area contributed by atoms with Gasteiger partial charge in [-0.2, -0.15) is 0 Å². The third-order valence-corrected chi connectivity index (χ3v) is 12.2. The van der Waals surface area contributed by atoms with Crippen LogP contribution in [0.2, 0.25) is 0 Å². The molecule has 0 heterocycles. The van der Waals surface area contributed by atoms with Crippen molar-refractivity contribution in [3.05, 3.63) is 0 Å². The van der Waals surface area contributed by atoms with Gasteiger partial charge in [-0.3, -0.25) is 4.79 Å². The van der Waals surface area contributed by atoms with Gasteiger partial charge in [-0.25, -0.2) is 0 Å². The van der Waals surface area contributed by atoms with E-state index in [2.05, 4.69) is 34.6 Å². The van der Waals surface area contributed by atoms with Crippen molar-refractivity contribution >= 4 is 5.78 Å². The van der Waals surface area contributed by atoms with Gasteiger partial charge in [0.15, 0.2) is 0 Å². The molecule has 0 N–H and O–H groups in total. The molecule has 1 heteroatoms. The Bertz CT molecular complexity index is 653. The fourth-order valence-corrected chi connectivity index (χ4v) is 10.3. The zero-order valence-electron chi connectivity index (χ0n) is 18.6. The Morgan fingerprint density at radius 3 is 2.30 bits per heavy atom. The number of hydrogen-bond donors (Lipinski definition) is 0. The maximum Gasteiger partial charge on any atom is 0.136 e. The molecular formula is C26H42O. The molecule has 5 aliphatic carbocycles. The third kappa shape index (κ3) is 2.16. The van der Waals surface area contributed by atoms with Crippen molar-refractivity contribution in [1.82, 2.24) is 0 Å². The maximum absolute atomic E-state index is 12.5. The summed E-state index contributed by atoms with van der Waals surface area (Å²) >= 11 is 0. The Morgan fingerprint density at radius 1 is 0.741 bits per heavy atom. The van der Waals surface area contributed by atoms with Crippen molar-refractivity contribution in [1.29, 1.82) is 0 Å². The Kier molecular flexibility index (Phi) is 3.90. The second-order valence-electron chi connectivity index (χ2n) is 12.6. The highest BCUT2D eigenvalue weighted by Crippen LogP contribution is 2.75. The minimum atomic E-state index is 0.309. The molecule has 0 amide bonds. The normalized spacial score (nSPS) is 60.2. The topological polar surface area (TPSA) is 17.1 Å². The van der Waals surface area contributed by atoms with Gasteiger partial charge in [-0.05, 0) is 103 Å². The van der Waals surface area contributed by atoms with Crippen LogP contribution in [0.15, 0.2) is 0 Å². The number of ketones is 1. The van der Waals surface area contributed by atoms with Gasteiger partial charge >= 0.3 is 0 Å². The van der Waals surface area contributed by atoms with Gasteiger partial charge < -0.3 is 0 Å². The standard InChI is InChI=1S/C26H42O/c1-17-18-10-14-26(5)22(24(18,3)13-11-21(17)27)9-8-20-19-7-6-12-23(19,2)15-16-25(20,26)4/h17-20,22H,6-16H2,1-5H3/t17?,18?,19-,20?,22?,23?,24?,25-,26?/m1/s1. The Morgan fingerprint density at radius 2 is 1.52 bits per heavy atom. The second-order valence-corrected chi connectivity index (χ2v) is 12.6. The summed E-state index contributed by atoms with van der Waals surface area (Å²) in [4.78, 5) is 12.5. The zero-order chi connectivity index (χ0) is 19.2. The lowest BCUT2D eigenvalue weighted by Crippen LogP contribution is -2.64. The Labute approximate surface area is 167 Å². The Balaban J connectivity index is 1.53. The molecule has 5 aliphatic rings. The lowest BCUT2D eigenvalue weighted by Gasteiger charge is -2.71. The van der Waals surface area contributed by atoms with E-state index in [1.807, 2.05) is 0 Å². The van der Waals surface area contributed by atoms with E-state index in [1.54, 1.807) is 0 Å². The van der Waals surface area contributed by atoms with Crippen LogP contribution < -0.4 is 0 Å². The second kappa shape index (κ2) is 5.63. The zero-order valence-corrected chi connectivity index (χ0v) is 18.6. The quantitative estimate of drug-likeness (QED) is 0.447. The first-order chi connectivity index (χ1) is 12.7. The fourth-order valence-electron chi connectivity index (χ4n) is 10.3. The van der Waals surface area contributed by atoms with E-state index in [0.29, 0.717) is 39.3 Å². The molecule has 5 rings (SSSR count). The number of Topliss-reactive ketones (excluding diaryl/α,β-unsaturated/α-hetero) is 1. The highest BCUT2D eigenvalue weighted by molar-refractivity contribution is 5.82. The van der Waals surface area contributed by atoms with Gasteiger partial charge in [0.1, 0.15) is 5.78 Å². The van der Waals surface area contributed by atoms with Crippen LogP contribution in [0.4, 0.5) is 0 Å². The summed E-state index contributed by atoms with van der Waals surface area (Å²) in [5, 5.41) is 0. The first kappa shape index (κ1) is 18.7. The van der Waals surface area contributed by atoms with Crippen molar-refractivity contribution in [2.24, 2.45) is 51.2 Å². The number of carbonyl (C=O) groups is 1. The molecular weight excluding hydrogens is 328 g/mol. The highest BCUT2D eigenvalue weighted by Gasteiger charge is 2.68. The number of carbonyl (C=O) groups excluding carboxylic acids is 1. The summed E-state index contributed by atoms with van der Waals surface area (Å²) in [6.45, 7) is 12.9. The summed E-state index contributed by atoms with van der Waals surface area (Å²) in [6, 6.07) is 0. The van der Waals surface area contributed by atoms with E-state index < -0.39 is 0 Å². The van der Waals surface area contributed by atoms with Crippen LogP contribution >= 0.6 is 0 Å². The lowest BCUT2D eigenvalue weighted by atomic mass is 9.33. The largest absolute Gasteiger partial charge is 0.299 e. The van der Waals surface area contributed by atoms with Crippen LogP contribution in [0.25, 0.3) is 0 Å². The molecule has 0 spiro atoms. The predicted octanol–water partition coefficient (Wildman–Crippen LogP) is 7.04. The van der Waals surface area contributed by atoms with Crippen LogP contribution in [0.1, 0.15) is 105 Å². The highest BCUT2D eigenvalue weighted by atomic mass is 16.1. The monoisotopic (exact) mass is 370 g/mol. The minimum absolute atomic E-state index is 0.309. The Hall–Kier alpha value is -0.330. The van der Waals surface area contributed by atoms with E-state index >= 15 is 0 Å². The number of hydrogen-bond acceptors (Lipinski definition) is 1.